The summed E-state index contributed by atoms with van der Waals surface area (Å²) in [7, 11) is 0. The molecule has 0 nitrogen and oxygen atoms in total. The van der Waals surface area contributed by atoms with E-state index in [2.05, 4.69) is 52.0 Å². The van der Waals surface area contributed by atoms with E-state index in [9.17, 15) is 0 Å². The van der Waals surface area contributed by atoms with Gasteiger partial charge < -0.3 is 0 Å². The summed E-state index contributed by atoms with van der Waals surface area (Å²) >= 11 is 0. The number of unbranched alkanes of at least 4 members (excludes halogenated alkanes) is 2. The Morgan fingerprint density at radius 2 is 1.14 bits per heavy atom. The van der Waals surface area contributed by atoms with Gasteiger partial charge in [0.05, 0.1) is 0 Å². The molecular weight excluding hydrogens is 331 g/mol. The van der Waals surface area contributed by atoms with Crippen LogP contribution < -0.4 is 0 Å². The summed E-state index contributed by atoms with van der Waals surface area (Å²) in [5.41, 5.74) is 6.15. The summed E-state index contributed by atoms with van der Waals surface area (Å²) in [5, 5.41) is 0. The maximum absolute atomic E-state index is 2.33. The van der Waals surface area contributed by atoms with Crippen molar-refractivity contribution in [1.82, 2.24) is 0 Å². The van der Waals surface area contributed by atoms with Crippen LogP contribution in [-0.2, 0) is 26.2 Å². The van der Waals surface area contributed by atoms with E-state index in [1.807, 2.05) is 0 Å². The average Bonchev–Trinajstić information content (AvgIpc) is 3.03. The molecule has 0 aromatic heterocycles. The van der Waals surface area contributed by atoms with Crippen molar-refractivity contribution in [2.75, 3.05) is 0 Å². The molecule has 0 fully saturated rings. The van der Waals surface area contributed by atoms with Gasteiger partial charge in [0.25, 0.3) is 0 Å². The van der Waals surface area contributed by atoms with E-state index in [-0.39, 0.29) is 26.2 Å². The Morgan fingerprint density at radius 1 is 0.762 bits per heavy atom. The van der Waals surface area contributed by atoms with Crippen molar-refractivity contribution in [1.29, 1.82) is 0 Å². The molecular formula is C20H32Zr. The molecule has 0 saturated heterocycles. The summed E-state index contributed by atoms with van der Waals surface area (Å²) in [6.07, 6.45) is 19.7. The van der Waals surface area contributed by atoms with Crippen LogP contribution >= 0.6 is 0 Å². The average molecular weight is 364 g/mol. The zero-order chi connectivity index (χ0) is 14.8. The molecule has 0 aromatic carbocycles. The third-order valence-electron chi connectivity index (χ3n) is 3.94. The van der Waals surface area contributed by atoms with Crippen molar-refractivity contribution in [3.8, 4) is 0 Å². The molecule has 0 amide bonds. The standard InChI is InChI=1S/2C10H16.Zr/c2*1-3-4-5-10-7-6-9(2)8-10;/h2*6,8H,3-5,7H2,1-2H3;. The predicted octanol–water partition coefficient (Wildman–Crippen LogP) is 6.90. The van der Waals surface area contributed by atoms with Crippen molar-refractivity contribution < 1.29 is 26.2 Å². The van der Waals surface area contributed by atoms with Gasteiger partial charge in [-0.1, -0.05) is 73.3 Å². The van der Waals surface area contributed by atoms with Crippen LogP contribution in [0, 0.1) is 0 Å². The molecule has 0 radical (unpaired) electrons. The van der Waals surface area contributed by atoms with E-state index < -0.39 is 0 Å². The Hall–Kier alpha value is -0.157. The number of hydrogen-bond acceptors (Lipinski definition) is 0. The minimum atomic E-state index is 0. The van der Waals surface area contributed by atoms with Gasteiger partial charge in [-0.3, -0.25) is 0 Å². The van der Waals surface area contributed by atoms with Gasteiger partial charge in [0, 0.05) is 26.2 Å². The van der Waals surface area contributed by atoms with Crippen molar-refractivity contribution in [3.63, 3.8) is 0 Å². The molecule has 0 atom stereocenters. The third-order valence-corrected chi connectivity index (χ3v) is 3.94. The first-order valence-corrected chi connectivity index (χ1v) is 8.38. The third kappa shape index (κ3) is 9.46. The molecule has 0 N–H and O–H groups in total. The van der Waals surface area contributed by atoms with E-state index >= 15 is 0 Å². The Bertz CT molecular complexity index is 368. The van der Waals surface area contributed by atoms with Crippen LogP contribution in [0.1, 0.15) is 79.1 Å². The molecule has 21 heavy (non-hydrogen) atoms. The first-order chi connectivity index (χ1) is 9.65. The van der Waals surface area contributed by atoms with Crippen LogP contribution in [0.3, 0.4) is 0 Å². The molecule has 116 valence electrons. The van der Waals surface area contributed by atoms with Crippen LogP contribution in [0.25, 0.3) is 0 Å². The zero-order valence-corrected chi connectivity index (χ0v) is 16.9. The summed E-state index contributed by atoms with van der Waals surface area (Å²) in [5.74, 6) is 0. The second-order valence-corrected chi connectivity index (χ2v) is 6.12. The maximum atomic E-state index is 2.33. The van der Waals surface area contributed by atoms with Gasteiger partial charge in [0.2, 0.25) is 0 Å². The molecule has 0 aromatic rings. The Balaban J connectivity index is 0.000000364. The van der Waals surface area contributed by atoms with Gasteiger partial charge in [0.15, 0.2) is 0 Å². The van der Waals surface area contributed by atoms with Gasteiger partial charge >= 0.3 is 0 Å². The quantitative estimate of drug-likeness (QED) is 0.481. The van der Waals surface area contributed by atoms with E-state index in [0.29, 0.717) is 0 Å². The Kier molecular flexibility index (Phi) is 12.3. The van der Waals surface area contributed by atoms with Crippen molar-refractivity contribution in [2.45, 2.75) is 79.1 Å². The molecule has 1 heteroatoms. The minimum Gasteiger partial charge on any atom is -0.0775 e. The fourth-order valence-corrected chi connectivity index (χ4v) is 2.62. The molecule has 2 aliphatic rings. The summed E-state index contributed by atoms with van der Waals surface area (Å²) < 4.78 is 0. The number of hydrogen-bond donors (Lipinski definition) is 0. The van der Waals surface area contributed by atoms with Crippen molar-refractivity contribution in [3.05, 3.63) is 46.6 Å². The molecule has 0 unspecified atom stereocenters. The van der Waals surface area contributed by atoms with E-state index in [1.54, 1.807) is 11.1 Å². The van der Waals surface area contributed by atoms with E-state index in [0.717, 1.165) is 0 Å². The number of rotatable bonds is 6. The molecule has 0 aliphatic heterocycles. The smallest absolute Gasteiger partial charge is 0 e. The summed E-state index contributed by atoms with van der Waals surface area (Å²) in [6, 6.07) is 0. The Morgan fingerprint density at radius 3 is 1.38 bits per heavy atom. The molecule has 0 heterocycles. The zero-order valence-electron chi connectivity index (χ0n) is 14.5. The molecule has 2 aliphatic carbocycles. The first-order valence-electron chi connectivity index (χ1n) is 8.38. The minimum absolute atomic E-state index is 0. The molecule has 0 saturated carbocycles. The van der Waals surface area contributed by atoms with Gasteiger partial charge in [-0.15, -0.1) is 0 Å². The molecule has 2 rings (SSSR count). The normalized spacial score (nSPS) is 16.2. The van der Waals surface area contributed by atoms with Crippen LogP contribution in [-0.4, -0.2) is 0 Å². The maximum Gasteiger partial charge on any atom is 0 e. The van der Waals surface area contributed by atoms with Gasteiger partial charge in [-0.25, -0.2) is 0 Å². The van der Waals surface area contributed by atoms with Crippen LogP contribution in [0.4, 0.5) is 0 Å². The Labute approximate surface area is 151 Å². The van der Waals surface area contributed by atoms with Gasteiger partial charge in [-0.05, 0) is 52.4 Å². The first kappa shape index (κ1) is 20.8. The monoisotopic (exact) mass is 362 g/mol. The van der Waals surface area contributed by atoms with Crippen LogP contribution in [0.15, 0.2) is 46.6 Å². The fraction of sp³-hybridized carbons (Fsp3) is 0.600. The fourth-order valence-electron chi connectivity index (χ4n) is 2.62. The predicted molar refractivity (Wildman–Crippen MR) is 92.0 cm³/mol. The van der Waals surface area contributed by atoms with Gasteiger partial charge in [-0.2, -0.15) is 0 Å². The number of allylic oxidation sites excluding steroid dienone is 8. The van der Waals surface area contributed by atoms with Crippen molar-refractivity contribution >= 4 is 0 Å². The second kappa shape index (κ2) is 12.4. The molecule has 0 spiro atoms. The van der Waals surface area contributed by atoms with Gasteiger partial charge in [0.1, 0.15) is 0 Å². The topological polar surface area (TPSA) is 0 Å². The largest absolute Gasteiger partial charge is 0.0775 e. The second-order valence-electron chi connectivity index (χ2n) is 6.12. The SMILES string of the molecule is CCCCC1=CC(C)=CC1.CCCCC1=CC(C)=CC1.[Zr]. The van der Waals surface area contributed by atoms with E-state index in [1.165, 1.54) is 62.5 Å². The summed E-state index contributed by atoms with van der Waals surface area (Å²) in [6.45, 7) is 8.85. The van der Waals surface area contributed by atoms with Crippen LogP contribution in [0.2, 0.25) is 0 Å². The van der Waals surface area contributed by atoms with E-state index in [4.69, 9.17) is 0 Å². The molecule has 0 bridgehead atoms. The van der Waals surface area contributed by atoms with Crippen molar-refractivity contribution in [2.24, 2.45) is 0 Å². The summed E-state index contributed by atoms with van der Waals surface area (Å²) in [4.78, 5) is 0. The van der Waals surface area contributed by atoms with Crippen LogP contribution in [0.5, 0.6) is 0 Å².